The predicted molar refractivity (Wildman–Crippen MR) is 83.9 cm³/mol. The lowest BCUT2D eigenvalue weighted by atomic mass is 9.71. The van der Waals surface area contributed by atoms with Crippen LogP contribution in [0.15, 0.2) is 17.5 Å². The van der Waals surface area contributed by atoms with Gasteiger partial charge in [0.15, 0.2) is 0 Å². The van der Waals surface area contributed by atoms with E-state index in [1.165, 1.54) is 36.8 Å². The molecule has 0 N–H and O–H groups in total. The zero-order valence-electron chi connectivity index (χ0n) is 12.4. The molecule has 2 fully saturated rings. The summed E-state index contributed by atoms with van der Waals surface area (Å²) in [5.41, 5.74) is -0.0631. The van der Waals surface area contributed by atoms with Gasteiger partial charge in [-0.1, -0.05) is 13.0 Å². The number of aldehydes is 1. The van der Waals surface area contributed by atoms with Gasteiger partial charge in [0.25, 0.3) is 0 Å². The third kappa shape index (κ3) is 3.32. The topological polar surface area (TPSA) is 20.3 Å². The molecule has 110 valence electrons. The molecule has 0 aromatic carbocycles. The van der Waals surface area contributed by atoms with Gasteiger partial charge in [0.1, 0.15) is 6.29 Å². The molecule has 1 aromatic rings. The Kier molecular flexibility index (Phi) is 4.27. The number of hydrogen-bond acceptors (Lipinski definition) is 3. The van der Waals surface area contributed by atoms with Gasteiger partial charge in [0.05, 0.1) is 0 Å². The molecule has 0 radical (unpaired) electrons. The zero-order valence-corrected chi connectivity index (χ0v) is 13.2. The molecule has 2 saturated carbocycles. The van der Waals surface area contributed by atoms with Crippen LogP contribution in [0.25, 0.3) is 0 Å². The van der Waals surface area contributed by atoms with E-state index >= 15 is 0 Å². The molecular weight excluding hydrogens is 266 g/mol. The third-order valence-electron chi connectivity index (χ3n) is 5.04. The van der Waals surface area contributed by atoms with Crippen LogP contribution in [-0.4, -0.2) is 23.8 Å². The van der Waals surface area contributed by atoms with Crippen molar-refractivity contribution in [2.45, 2.75) is 58.0 Å². The number of carbonyl (C=O) groups excluding carboxylic acids is 1. The fraction of sp³-hybridized carbons (Fsp3) is 0.706. The lowest BCUT2D eigenvalue weighted by Gasteiger charge is -2.39. The summed E-state index contributed by atoms with van der Waals surface area (Å²) in [7, 11) is 0. The fourth-order valence-corrected chi connectivity index (χ4v) is 4.14. The van der Waals surface area contributed by atoms with Crippen molar-refractivity contribution in [1.29, 1.82) is 0 Å². The average molecular weight is 291 g/mol. The molecule has 1 aromatic heterocycles. The molecule has 0 bridgehead atoms. The molecule has 0 spiro atoms. The van der Waals surface area contributed by atoms with E-state index in [0.717, 1.165) is 37.9 Å². The Morgan fingerprint density at radius 1 is 1.35 bits per heavy atom. The maximum Gasteiger partial charge on any atom is 0.127 e. The Morgan fingerprint density at radius 3 is 2.65 bits per heavy atom. The number of rotatable bonds is 6. The van der Waals surface area contributed by atoms with Crippen molar-refractivity contribution < 1.29 is 4.79 Å². The van der Waals surface area contributed by atoms with Crippen molar-refractivity contribution in [3.63, 3.8) is 0 Å². The van der Waals surface area contributed by atoms with E-state index in [2.05, 4.69) is 29.3 Å². The number of hydrogen-bond donors (Lipinski definition) is 0. The highest BCUT2D eigenvalue weighted by molar-refractivity contribution is 7.09. The lowest BCUT2D eigenvalue weighted by Crippen LogP contribution is -2.41. The largest absolute Gasteiger partial charge is 0.303 e. The van der Waals surface area contributed by atoms with E-state index in [4.69, 9.17) is 0 Å². The van der Waals surface area contributed by atoms with Crippen molar-refractivity contribution in [1.82, 2.24) is 4.90 Å². The summed E-state index contributed by atoms with van der Waals surface area (Å²) in [6.07, 6.45) is 8.53. The van der Waals surface area contributed by atoms with Crippen LogP contribution >= 0.6 is 11.3 Å². The molecule has 0 saturated heterocycles. The average Bonchev–Trinajstić information content (AvgIpc) is 3.19. The highest BCUT2D eigenvalue weighted by Gasteiger charge is 2.39. The minimum absolute atomic E-state index is 0.0631. The lowest BCUT2D eigenvalue weighted by molar-refractivity contribution is -0.119. The summed E-state index contributed by atoms with van der Waals surface area (Å²) in [5, 5.41) is 2.15. The first kappa shape index (κ1) is 14.3. The second kappa shape index (κ2) is 5.98. The Balaban J connectivity index is 1.67. The molecule has 0 aliphatic heterocycles. The van der Waals surface area contributed by atoms with Crippen molar-refractivity contribution >= 4 is 17.6 Å². The summed E-state index contributed by atoms with van der Waals surface area (Å²) in [6, 6.07) is 5.08. The summed E-state index contributed by atoms with van der Waals surface area (Å²) in [6.45, 7) is 4.33. The number of thiophene rings is 1. The van der Waals surface area contributed by atoms with Crippen LogP contribution in [0.3, 0.4) is 0 Å². The van der Waals surface area contributed by atoms with Crippen LogP contribution in [0.5, 0.6) is 0 Å². The molecule has 20 heavy (non-hydrogen) atoms. The maximum absolute atomic E-state index is 11.7. The molecule has 3 heteroatoms. The van der Waals surface area contributed by atoms with E-state index < -0.39 is 0 Å². The first-order chi connectivity index (χ1) is 9.71. The number of carbonyl (C=O) groups is 1. The fourth-order valence-electron chi connectivity index (χ4n) is 3.41. The minimum Gasteiger partial charge on any atom is -0.303 e. The quantitative estimate of drug-likeness (QED) is 0.735. The van der Waals surface area contributed by atoms with E-state index in [1.807, 2.05) is 11.3 Å². The molecular formula is C17H25NOS. The smallest absolute Gasteiger partial charge is 0.127 e. The highest BCUT2D eigenvalue weighted by atomic mass is 32.1. The van der Waals surface area contributed by atoms with Gasteiger partial charge < -0.3 is 4.79 Å². The Labute approximate surface area is 126 Å². The number of nitrogens with zero attached hydrogens (tertiary/aromatic N) is 1. The second-order valence-corrected chi connectivity index (χ2v) is 7.91. The van der Waals surface area contributed by atoms with Crippen molar-refractivity contribution in [3.05, 3.63) is 22.4 Å². The maximum atomic E-state index is 11.7. The van der Waals surface area contributed by atoms with Gasteiger partial charge in [-0.15, -0.1) is 11.3 Å². The molecule has 0 unspecified atom stereocenters. The summed E-state index contributed by atoms with van der Waals surface area (Å²) >= 11 is 1.84. The molecule has 2 nitrogen and oxygen atoms in total. The van der Waals surface area contributed by atoms with Gasteiger partial charge in [-0.25, -0.2) is 0 Å². The Hall–Kier alpha value is -0.670. The normalized spacial score (nSPS) is 30.6. The van der Waals surface area contributed by atoms with E-state index in [9.17, 15) is 4.79 Å². The Morgan fingerprint density at radius 2 is 2.10 bits per heavy atom. The Bertz CT molecular complexity index is 430. The molecule has 0 amide bonds. The molecule has 1 heterocycles. The van der Waals surface area contributed by atoms with E-state index in [-0.39, 0.29) is 5.41 Å². The van der Waals surface area contributed by atoms with Crippen molar-refractivity contribution in [2.75, 3.05) is 6.54 Å². The SMILES string of the molecule is CC1CCC(C=O)(CN(Cc2cccs2)C2CC2)CC1. The summed E-state index contributed by atoms with van der Waals surface area (Å²) in [5.74, 6) is 0.801. The molecule has 2 aliphatic rings. The van der Waals surface area contributed by atoms with Crippen molar-refractivity contribution in [3.8, 4) is 0 Å². The summed E-state index contributed by atoms with van der Waals surface area (Å²) in [4.78, 5) is 15.8. The van der Waals surface area contributed by atoms with Gasteiger partial charge >= 0.3 is 0 Å². The van der Waals surface area contributed by atoms with Crippen LogP contribution in [0.2, 0.25) is 0 Å². The van der Waals surface area contributed by atoms with Crippen LogP contribution in [0, 0.1) is 11.3 Å². The van der Waals surface area contributed by atoms with Crippen molar-refractivity contribution in [2.24, 2.45) is 11.3 Å². The third-order valence-corrected chi connectivity index (χ3v) is 5.90. The van der Waals surface area contributed by atoms with Gasteiger partial charge in [0.2, 0.25) is 0 Å². The van der Waals surface area contributed by atoms with Crippen LogP contribution in [0.1, 0.15) is 50.3 Å². The van der Waals surface area contributed by atoms with Gasteiger partial charge in [-0.2, -0.15) is 0 Å². The van der Waals surface area contributed by atoms with Gasteiger partial charge in [-0.05, 0) is 55.9 Å². The highest BCUT2D eigenvalue weighted by Crippen LogP contribution is 2.40. The second-order valence-electron chi connectivity index (χ2n) is 6.88. The van der Waals surface area contributed by atoms with E-state index in [0.29, 0.717) is 0 Å². The first-order valence-corrected chi connectivity index (χ1v) is 8.81. The van der Waals surface area contributed by atoms with Gasteiger partial charge in [-0.3, -0.25) is 4.90 Å². The standard InChI is InChI=1S/C17H25NOS/c1-14-6-8-17(13-19,9-7-14)12-18(15-4-5-15)11-16-3-2-10-20-16/h2-3,10,13-15H,4-9,11-12H2,1H3. The summed E-state index contributed by atoms with van der Waals surface area (Å²) < 4.78 is 0. The molecule has 0 atom stereocenters. The monoisotopic (exact) mass is 291 g/mol. The zero-order chi connectivity index (χ0) is 14.0. The molecule has 3 rings (SSSR count). The predicted octanol–water partition coefficient (Wildman–Crippen LogP) is 4.11. The van der Waals surface area contributed by atoms with Crippen LogP contribution in [-0.2, 0) is 11.3 Å². The van der Waals surface area contributed by atoms with Gasteiger partial charge in [0, 0.05) is 29.4 Å². The first-order valence-electron chi connectivity index (χ1n) is 7.93. The minimum atomic E-state index is -0.0631. The van der Waals surface area contributed by atoms with Crippen LogP contribution < -0.4 is 0 Å². The van der Waals surface area contributed by atoms with E-state index in [1.54, 1.807) is 0 Å². The van der Waals surface area contributed by atoms with Crippen LogP contribution in [0.4, 0.5) is 0 Å². The molecule has 2 aliphatic carbocycles.